The molecule has 1 aromatic rings. The topological polar surface area (TPSA) is 48.9 Å². The Kier molecular flexibility index (Phi) is 7.89. The summed E-state index contributed by atoms with van der Waals surface area (Å²) in [7, 11) is 3.52. The summed E-state index contributed by atoms with van der Waals surface area (Å²) in [6.45, 7) is 7.70. The first kappa shape index (κ1) is 18.6. The van der Waals surface area contributed by atoms with Crippen molar-refractivity contribution in [2.75, 3.05) is 46.9 Å². The van der Waals surface area contributed by atoms with Crippen LogP contribution >= 0.6 is 0 Å². The maximum absolute atomic E-state index is 5.18. The van der Waals surface area contributed by atoms with Gasteiger partial charge >= 0.3 is 0 Å². The molecule has 134 valence electrons. The minimum atomic E-state index is 0.834. The van der Waals surface area contributed by atoms with Crippen molar-refractivity contribution >= 4 is 5.96 Å². The largest absolute Gasteiger partial charge is 0.497 e. The number of rotatable bonds is 7. The SMILES string of the molecule is CN=C(NCCc1ccc(OC)cc1)NCCN1CCCC(C)C1. The number of aliphatic imine (C=N–C) groups is 1. The zero-order chi connectivity index (χ0) is 17.2. The lowest BCUT2D eigenvalue weighted by Crippen LogP contribution is -2.44. The van der Waals surface area contributed by atoms with E-state index in [0.717, 1.165) is 43.7 Å². The van der Waals surface area contributed by atoms with Gasteiger partial charge < -0.3 is 20.3 Å². The lowest BCUT2D eigenvalue weighted by atomic mass is 10.0. The lowest BCUT2D eigenvalue weighted by molar-refractivity contribution is 0.187. The molecule has 5 nitrogen and oxygen atoms in total. The summed E-state index contributed by atoms with van der Waals surface area (Å²) >= 11 is 0. The van der Waals surface area contributed by atoms with E-state index in [9.17, 15) is 0 Å². The second-order valence-electron chi connectivity index (χ2n) is 6.57. The summed E-state index contributed by atoms with van der Waals surface area (Å²) in [5.41, 5.74) is 1.29. The molecule has 0 spiro atoms. The second-order valence-corrected chi connectivity index (χ2v) is 6.57. The van der Waals surface area contributed by atoms with Crippen molar-refractivity contribution in [3.63, 3.8) is 0 Å². The molecule has 0 aromatic heterocycles. The molecule has 2 N–H and O–H groups in total. The molecular weight excluding hydrogens is 300 g/mol. The molecule has 0 amide bonds. The minimum Gasteiger partial charge on any atom is -0.497 e. The molecule has 1 aliphatic heterocycles. The van der Waals surface area contributed by atoms with Crippen LogP contribution in [0.25, 0.3) is 0 Å². The molecule has 5 heteroatoms. The van der Waals surface area contributed by atoms with E-state index in [2.05, 4.69) is 39.6 Å². The number of ether oxygens (including phenoxy) is 1. The Hall–Kier alpha value is -1.75. The van der Waals surface area contributed by atoms with Crippen molar-refractivity contribution in [1.29, 1.82) is 0 Å². The normalized spacial score (nSPS) is 19.1. The van der Waals surface area contributed by atoms with Crippen LogP contribution < -0.4 is 15.4 Å². The number of guanidine groups is 1. The van der Waals surface area contributed by atoms with Crippen LogP contribution in [0.15, 0.2) is 29.3 Å². The van der Waals surface area contributed by atoms with Crippen LogP contribution in [-0.2, 0) is 6.42 Å². The third-order valence-corrected chi connectivity index (χ3v) is 4.55. The summed E-state index contributed by atoms with van der Waals surface area (Å²) in [5.74, 6) is 2.62. The molecule has 1 atom stereocenters. The highest BCUT2D eigenvalue weighted by Gasteiger charge is 2.15. The maximum Gasteiger partial charge on any atom is 0.191 e. The van der Waals surface area contributed by atoms with Gasteiger partial charge in [-0.3, -0.25) is 4.99 Å². The third kappa shape index (κ3) is 6.40. The van der Waals surface area contributed by atoms with Crippen LogP contribution in [0.3, 0.4) is 0 Å². The summed E-state index contributed by atoms with van der Waals surface area (Å²) in [6, 6.07) is 8.21. The fourth-order valence-electron chi connectivity index (χ4n) is 3.16. The molecule has 0 aliphatic carbocycles. The van der Waals surface area contributed by atoms with E-state index in [1.807, 2.05) is 19.2 Å². The molecule has 1 fully saturated rings. The molecule has 0 saturated carbocycles. The van der Waals surface area contributed by atoms with Gasteiger partial charge in [-0.15, -0.1) is 0 Å². The van der Waals surface area contributed by atoms with Gasteiger partial charge in [-0.2, -0.15) is 0 Å². The maximum atomic E-state index is 5.18. The highest BCUT2D eigenvalue weighted by atomic mass is 16.5. The van der Waals surface area contributed by atoms with Crippen LogP contribution in [0.2, 0.25) is 0 Å². The fourth-order valence-corrected chi connectivity index (χ4v) is 3.16. The van der Waals surface area contributed by atoms with Gasteiger partial charge in [0.25, 0.3) is 0 Å². The van der Waals surface area contributed by atoms with Crippen molar-refractivity contribution in [1.82, 2.24) is 15.5 Å². The molecule has 0 radical (unpaired) electrons. The Bertz CT molecular complexity index is 501. The molecule has 0 bridgehead atoms. The summed E-state index contributed by atoms with van der Waals surface area (Å²) in [6.07, 6.45) is 3.67. The number of nitrogens with one attached hydrogen (secondary N) is 2. The van der Waals surface area contributed by atoms with Crippen LogP contribution in [0.1, 0.15) is 25.3 Å². The van der Waals surface area contributed by atoms with Crippen LogP contribution in [0.4, 0.5) is 0 Å². The van der Waals surface area contributed by atoms with Crippen LogP contribution in [-0.4, -0.2) is 57.7 Å². The first-order valence-corrected chi connectivity index (χ1v) is 9.01. The molecular formula is C19H32N4O. The molecule has 2 rings (SSSR count). The van der Waals surface area contributed by atoms with Gasteiger partial charge in [0.05, 0.1) is 7.11 Å². The van der Waals surface area contributed by atoms with Gasteiger partial charge in [0, 0.05) is 33.2 Å². The van der Waals surface area contributed by atoms with Gasteiger partial charge in [0.1, 0.15) is 5.75 Å². The first-order chi connectivity index (χ1) is 11.7. The molecule has 1 aromatic carbocycles. The van der Waals surface area contributed by atoms with Crippen molar-refractivity contribution in [2.24, 2.45) is 10.9 Å². The Morgan fingerprint density at radius 3 is 2.67 bits per heavy atom. The molecule has 1 heterocycles. The second kappa shape index (κ2) is 10.2. The van der Waals surface area contributed by atoms with E-state index >= 15 is 0 Å². The summed E-state index contributed by atoms with van der Waals surface area (Å²) in [4.78, 5) is 6.85. The summed E-state index contributed by atoms with van der Waals surface area (Å²) in [5, 5.41) is 6.80. The van der Waals surface area contributed by atoms with Gasteiger partial charge in [-0.25, -0.2) is 0 Å². The number of likely N-dealkylation sites (tertiary alicyclic amines) is 1. The Balaban J connectivity index is 1.63. The van der Waals surface area contributed by atoms with Crippen LogP contribution in [0.5, 0.6) is 5.75 Å². The van der Waals surface area contributed by atoms with Gasteiger partial charge in [0.15, 0.2) is 5.96 Å². The quantitative estimate of drug-likeness (QED) is 0.593. The highest BCUT2D eigenvalue weighted by molar-refractivity contribution is 5.79. The van der Waals surface area contributed by atoms with E-state index in [1.165, 1.54) is 31.5 Å². The number of nitrogens with zero attached hydrogens (tertiary/aromatic N) is 2. The summed E-state index contributed by atoms with van der Waals surface area (Å²) < 4.78 is 5.18. The van der Waals surface area contributed by atoms with Crippen molar-refractivity contribution in [3.05, 3.63) is 29.8 Å². The molecule has 24 heavy (non-hydrogen) atoms. The number of hydrogen-bond acceptors (Lipinski definition) is 3. The smallest absolute Gasteiger partial charge is 0.191 e. The molecule has 1 saturated heterocycles. The predicted octanol–water partition coefficient (Wildman–Crippen LogP) is 2.13. The number of hydrogen-bond donors (Lipinski definition) is 2. The Morgan fingerprint density at radius 1 is 1.25 bits per heavy atom. The van der Waals surface area contributed by atoms with E-state index in [0.29, 0.717) is 0 Å². The first-order valence-electron chi connectivity index (χ1n) is 9.01. The highest BCUT2D eigenvalue weighted by Crippen LogP contribution is 2.14. The Morgan fingerprint density at radius 2 is 2.00 bits per heavy atom. The molecule has 1 aliphatic rings. The predicted molar refractivity (Wildman–Crippen MR) is 101 cm³/mol. The molecule has 1 unspecified atom stereocenters. The van der Waals surface area contributed by atoms with E-state index < -0.39 is 0 Å². The minimum absolute atomic E-state index is 0.834. The number of methoxy groups -OCH3 is 1. The average Bonchev–Trinajstić information content (AvgIpc) is 2.61. The number of benzene rings is 1. The monoisotopic (exact) mass is 332 g/mol. The average molecular weight is 332 g/mol. The van der Waals surface area contributed by atoms with E-state index in [4.69, 9.17) is 4.74 Å². The van der Waals surface area contributed by atoms with Crippen molar-refractivity contribution in [2.45, 2.75) is 26.2 Å². The van der Waals surface area contributed by atoms with E-state index in [1.54, 1.807) is 7.11 Å². The van der Waals surface area contributed by atoms with E-state index in [-0.39, 0.29) is 0 Å². The lowest BCUT2D eigenvalue weighted by Gasteiger charge is -2.30. The number of piperidine rings is 1. The van der Waals surface area contributed by atoms with Crippen molar-refractivity contribution in [3.8, 4) is 5.75 Å². The van der Waals surface area contributed by atoms with Crippen molar-refractivity contribution < 1.29 is 4.74 Å². The van der Waals surface area contributed by atoms with Crippen LogP contribution in [0, 0.1) is 5.92 Å². The zero-order valence-corrected chi connectivity index (χ0v) is 15.3. The zero-order valence-electron chi connectivity index (χ0n) is 15.3. The van der Waals surface area contributed by atoms with Gasteiger partial charge in [-0.1, -0.05) is 19.1 Å². The fraction of sp³-hybridized carbons (Fsp3) is 0.632. The third-order valence-electron chi connectivity index (χ3n) is 4.55. The van der Waals surface area contributed by atoms with Gasteiger partial charge in [0.2, 0.25) is 0 Å². The Labute approximate surface area is 146 Å². The van der Waals surface area contributed by atoms with Gasteiger partial charge in [-0.05, 0) is 49.4 Å². The standard InChI is InChI=1S/C19H32N4O/c1-16-5-4-13-23(15-16)14-12-22-19(20-2)21-11-10-17-6-8-18(24-3)9-7-17/h6-9,16H,4-5,10-15H2,1-3H3,(H2,20,21,22).